The zero-order valence-corrected chi connectivity index (χ0v) is 13.1. The fourth-order valence-electron chi connectivity index (χ4n) is 2.57. The number of hydrogen-bond acceptors (Lipinski definition) is 2. The van der Waals surface area contributed by atoms with Crippen molar-refractivity contribution in [2.24, 2.45) is 11.7 Å². The first kappa shape index (κ1) is 15.0. The molecule has 1 aromatic rings. The van der Waals surface area contributed by atoms with Crippen molar-refractivity contribution in [3.8, 4) is 0 Å². The van der Waals surface area contributed by atoms with Crippen molar-refractivity contribution >= 4 is 27.7 Å². The minimum atomic E-state index is -0.307. The Bertz CT molecular complexity index is 501. The summed E-state index contributed by atoms with van der Waals surface area (Å²) in [7, 11) is 0. The van der Waals surface area contributed by atoms with Crippen molar-refractivity contribution < 1.29 is 9.59 Å². The minimum Gasteiger partial charge on any atom is -0.369 e. The van der Waals surface area contributed by atoms with Gasteiger partial charge in [0.1, 0.15) is 0 Å². The van der Waals surface area contributed by atoms with Crippen LogP contribution in [0.3, 0.4) is 0 Å². The fourth-order valence-corrected chi connectivity index (χ4v) is 2.83. The van der Waals surface area contributed by atoms with Crippen molar-refractivity contribution in [2.75, 3.05) is 6.54 Å². The average Bonchev–Trinajstić information content (AvgIpc) is 2.41. The van der Waals surface area contributed by atoms with Gasteiger partial charge in [-0.25, -0.2) is 0 Å². The number of hydrogen-bond donors (Lipinski definition) is 1. The van der Waals surface area contributed by atoms with Gasteiger partial charge in [-0.15, -0.1) is 0 Å². The highest BCUT2D eigenvalue weighted by atomic mass is 79.9. The lowest BCUT2D eigenvalue weighted by atomic mass is 9.92. The molecule has 1 heterocycles. The number of likely N-dealkylation sites (tertiary alicyclic amines) is 1. The molecule has 0 spiro atoms. The molecular formula is C15H19BrN2O2. The van der Waals surface area contributed by atoms with Crippen molar-refractivity contribution in [2.45, 2.75) is 32.2 Å². The molecule has 1 fully saturated rings. The minimum absolute atomic E-state index is 0.0609. The number of halogens is 1. The molecule has 0 unspecified atom stereocenters. The number of rotatable bonds is 3. The first-order valence-corrected chi connectivity index (χ1v) is 7.60. The molecule has 1 aliphatic rings. The van der Waals surface area contributed by atoms with Gasteiger partial charge in [0.2, 0.25) is 11.8 Å². The number of benzene rings is 1. The van der Waals surface area contributed by atoms with E-state index in [9.17, 15) is 9.59 Å². The largest absolute Gasteiger partial charge is 0.369 e. The lowest BCUT2D eigenvalue weighted by molar-refractivity contribution is -0.136. The molecule has 4 nitrogen and oxygen atoms in total. The number of amides is 2. The predicted molar refractivity (Wildman–Crippen MR) is 80.9 cm³/mol. The maximum absolute atomic E-state index is 12.4. The van der Waals surface area contributed by atoms with Gasteiger partial charge in [-0.1, -0.05) is 28.1 Å². The Balaban J connectivity index is 2.03. The van der Waals surface area contributed by atoms with E-state index in [-0.39, 0.29) is 23.8 Å². The van der Waals surface area contributed by atoms with E-state index in [4.69, 9.17) is 5.73 Å². The molecule has 0 bridgehead atoms. The van der Waals surface area contributed by atoms with Crippen LogP contribution in [-0.2, 0) is 16.0 Å². The van der Waals surface area contributed by atoms with Crippen molar-refractivity contribution in [1.29, 1.82) is 0 Å². The Labute approximate surface area is 127 Å². The molecule has 2 N–H and O–H groups in total. The zero-order chi connectivity index (χ0) is 14.7. The summed E-state index contributed by atoms with van der Waals surface area (Å²) in [5.41, 5.74) is 6.34. The van der Waals surface area contributed by atoms with Gasteiger partial charge in [0.15, 0.2) is 0 Å². The van der Waals surface area contributed by atoms with Gasteiger partial charge >= 0.3 is 0 Å². The lowest BCUT2D eigenvalue weighted by Crippen LogP contribution is -2.49. The second-order valence-corrected chi connectivity index (χ2v) is 6.29. The first-order valence-electron chi connectivity index (χ1n) is 6.80. The number of carbonyl (C=O) groups is 2. The Kier molecular flexibility index (Phi) is 4.81. The summed E-state index contributed by atoms with van der Waals surface area (Å²) in [5, 5.41) is 0. The highest BCUT2D eigenvalue weighted by molar-refractivity contribution is 9.10. The lowest BCUT2D eigenvalue weighted by Gasteiger charge is -2.37. The SMILES string of the molecule is C[C@@H]1CC[C@H](C(N)=O)CN1C(=O)Cc1ccc(Br)cc1. The van der Waals surface area contributed by atoms with E-state index >= 15 is 0 Å². The van der Waals surface area contributed by atoms with E-state index in [1.807, 2.05) is 31.2 Å². The molecule has 5 heteroatoms. The third-order valence-corrected chi connectivity index (χ3v) is 4.40. The molecule has 2 amide bonds. The molecule has 1 aromatic carbocycles. The summed E-state index contributed by atoms with van der Waals surface area (Å²) in [6, 6.07) is 7.89. The standard InChI is InChI=1S/C15H19BrN2O2/c1-10-2-5-12(15(17)20)9-18(10)14(19)8-11-3-6-13(16)7-4-11/h3-4,6-7,10,12H,2,5,8-9H2,1H3,(H2,17,20)/t10-,12+/m1/s1. The van der Waals surface area contributed by atoms with Crippen LogP contribution in [0.15, 0.2) is 28.7 Å². The molecule has 0 aromatic heterocycles. The van der Waals surface area contributed by atoms with E-state index in [0.29, 0.717) is 13.0 Å². The predicted octanol–water partition coefficient (Wildman–Crippen LogP) is 2.10. The maximum atomic E-state index is 12.4. The smallest absolute Gasteiger partial charge is 0.227 e. The molecule has 20 heavy (non-hydrogen) atoms. The van der Waals surface area contributed by atoms with Gasteiger partial charge in [-0.3, -0.25) is 9.59 Å². The Hall–Kier alpha value is -1.36. The maximum Gasteiger partial charge on any atom is 0.227 e. The molecule has 0 saturated carbocycles. The summed E-state index contributed by atoms with van der Waals surface area (Å²) in [4.78, 5) is 25.5. The van der Waals surface area contributed by atoms with E-state index in [1.54, 1.807) is 4.90 Å². The van der Waals surface area contributed by atoms with Crippen LogP contribution in [0.5, 0.6) is 0 Å². The van der Waals surface area contributed by atoms with Crippen LogP contribution in [0.4, 0.5) is 0 Å². The number of piperidine rings is 1. The fraction of sp³-hybridized carbons (Fsp3) is 0.467. The molecular weight excluding hydrogens is 320 g/mol. The highest BCUT2D eigenvalue weighted by Crippen LogP contribution is 2.22. The number of primary amides is 1. The Morgan fingerprint density at radius 3 is 2.55 bits per heavy atom. The van der Waals surface area contributed by atoms with Crippen LogP contribution in [0.25, 0.3) is 0 Å². The number of nitrogens with two attached hydrogens (primary N) is 1. The van der Waals surface area contributed by atoms with Gasteiger partial charge in [0, 0.05) is 17.1 Å². The third kappa shape index (κ3) is 3.60. The van der Waals surface area contributed by atoms with Crippen LogP contribution < -0.4 is 5.73 Å². The molecule has 2 rings (SSSR count). The average molecular weight is 339 g/mol. The Morgan fingerprint density at radius 2 is 1.95 bits per heavy atom. The molecule has 0 aliphatic carbocycles. The van der Waals surface area contributed by atoms with Crippen LogP contribution in [-0.4, -0.2) is 29.3 Å². The molecule has 0 radical (unpaired) electrons. The van der Waals surface area contributed by atoms with Gasteiger partial charge in [-0.05, 0) is 37.5 Å². The first-order chi connectivity index (χ1) is 9.47. The third-order valence-electron chi connectivity index (χ3n) is 3.87. The molecule has 1 saturated heterocycles. The molecule has 108 valence electrons. The summed E-state index contributed by atoms with van der Waals surface area (Å²) >= 11 is 3.37. The van der Waals surface area contributed by atoms with E-state index in [0.717, 1.165) is 22.9 Å². The van der Waals surface area contributed by atoms with Crippen molar-refractivity contribution in [1.82, 2.24) is 4.90 Å². The molecule has 1 aliphatic heterocycles. The van der Waals surface area contributed by atoms with Crippen LogP contribution in [0.2, 0.25) is 0 Å². The summed E-state index contributed by atoms with van der Waals surface area (Å²) in [5.74, 6) is -0.454. The van der Waals surface area contributed by atoms with Crippen molar-refractivity contribution in [3.63, 3.8) is 0 Å². The van der Waals surface area contributed by atoms with Gasteiger partial charge in [0.05, 0.1) is 12.3 Å². The van der Waals surface area contributed by atoms with Crippen LogP contribution in [0, 0.1) is 5.92 Å². The summed E-state index contributed by atoms with van der Waals surface area (Å²) in [6.07, 6.45) is 1.97. The van der Waals surface area contributed by atoms with Crippen molar-refractivity contribution in [3.05, 3.63) is 34.3 Å². The topological polar surface area (TPSA) is 63.4 Å². The number of nitrogens with zero attached hydrogens (tertiary/aromatic N) is 1. The summed E-state index contributed by atoms with van der Waals surface area (Å²) < 4.78 is 0.994. The monoisotopic (exact) mass is 338 g/mol. The van der Waals surface area contributed by atoms with E-state index < -0.39 is 0 Å². The second kappa shape index (κ2) is 6.39. The van der Waals surface area contributed by atoms with Gasteiger partial charge < -0.3 is 10.6 Å². The van der Waals surface area contributed by atoms with Crippen LogP contribution in [0.1, 0.15) is 25.3 Å². The quantitative estimate of drug-likeness (QED) is 0.917. The van der Waals surface area contributed by atoms with Gasteiger partial charge in [-0.2, -0.15) is 0 Å². The normalized spacial score (nSPS) is 22.6. The molecule has 2 atom stereocenters. The summed E-state index contributed by atoms with van der Waals surface area (Å²) in [6.45, 7) is 2.47. The Morgan fingerprint density at radius 1 is 1.30 bits per heavy atom. The highest BCUT2D eigenvalue weighted by Gasteiger charge is 2.31. The van der Waals surface area contributed by atoms with Crippen LogP contribution >= 0.6 is 15.9 Å². The zero-order valence-electron chi connectivity index (χ0n) is 11.5. The number of carbonyl (C=O) groups excluding carboxylic acids is 2. The van der Waals surface area contributed by atoms with E-state index in [2.05, 4.69) is 15.9 Å². The van der Waals surface area contributed by atoms with E-state index in [1.165, 1.54) is 0 Å². The van der Waals surface area contributed by atoms with Gasteiger partial charge in [0.25, 0.3) is 0 Å². The second-order valence-electron chi connectivity index (χ2n) is 5.38.